The quantitative estimate of drug-likeness (QED) is 0.382. The fourth-order valence-electron chi connectivity index (χ4n) is 0.778. The number of hydrogen-bond acceptors (Lipinski definition) is 1. The third kappa shape index (κ3) is 2.73. The number of ether oxygens (including phenoxy) is 1. The molecule has 13 heavy (non-hydrogen) atoms. The van der Waals surface area contributed by atoms with Crippen molar-refractivity contribution in [1.29, 1.82) is 0 Å². The van der Waals surface area contributed by atoms with Crippen molar-refractivity contribution in [3.63, 3.8) is 0 Å². The number of methoxy groups -OCH3 is 1. The standard InChI is InChI=1S/C7H4BF3O.K/c1-12-7-5(10)3(8)2-4(9)6(7)11;/h2H,1H3;/q-1;+1. The molecule has 0 heterocycles. The van der Waals surface area contributed by atoms with E-state index in [0.717, 1.165) is 7.11 Å². The molecule has 6 heteroatoms. The Kier molecular flexibility index (Phi) is 5.62. The van der Waals surface area contributed by atoms with E-state index in [1.54, 1.807) is 0 Å². The molecular weight excluding hydrogens is 207 g/mol. The molecule has 0 unspecified atom stereocenters. The van der Waals surface area contributed by atoms with Crippen molar-refractivity contribution in [3.8, 4) is 5.75 Å². The maximum atomic E-state index is 12.8. The minimum absolute atomic E-state index is 0. The van der Waals surface area contributed by atoms with Crippen LogP contribution in [0.1, 0.15) is 0 Å². The Bertz CT molecular complexity index is 293. The molecule has 3 radical (unpaired) electrons. The van der Waals surface area contributed by atoms with E-state index in [2.05, 4.69) is 4.74 Å². The number of halogens is 3. The zero-order valence-corrected chi connectivity index (χ0v) is 10.3. The van der Waals surface area contributed by atoms with E-state index in [1.807, 2.05) is 0 Å². The van der Waals surface area contributed by atoms with Crippen LogP contribution in [0.5, 0.6) is 5.75 Å². The summed E-state index contributed by atoms with van der Waals surface area (Å²) < 4.78 is 42.2. The molecule has 0 amide bonds. The minimum atomic E-state index is -1.37. The molecule has 1 aromatic carbocycles. The van der Waals surface area contributed by atoms with Crippen molar-refractivity contribution in [3.05, 3.63) is 23.5 Å². The van der Waals surface area contributed by atoms with Gasteiger partial charge in [0.15, 0.2) is 11.6 Å². The molecule has 0 spiro atoms. The average molecular weight is 211 g/mol. The van der Waals surface area contributed by atoms with Crippen molar-refractivity contribution in [2.75, 3.05) is 7.11 Å². The summed E-state index contributed by atoms with van der Waals surface area (Å²) in [5.41, 5.74) is -0.481. The summed E-state index contributed by atoms with van der Waals surface area (Å²) >= 11 is 0. The van der Waals surface area contributed by atoms with Gasteiger partial charge in [-0.15, -0.1) is 0 Å². The zero-order valence-electron chi connectivity index (χ0n) is 7.20. The van der Waals surface area contributed by atoms with Gasteiger partial charge in [0.2, 0.25) is 5.82 Å². The first-order valence-corrected chi connectivity index (χ1v) is 3.05. The molecule has 63 valence electrons. The van der Waals surface area contributed by atoms with Crippen molar-refractivity contribution >= 4 is 13.3 Å². The summed E-state index contributed by atoms with van der Waals surface area (Å²) in [6, 6.07) is 0.563. The monoisotopic (exact) mass is 211 g/mol. The van der Waals surface area contributed by atoms with Crippen LogP contribution in [-0.4, -0.2) is 15.0 Å². The van der Waals surface area contributed by atoms with Crippen LogP contribution in [0, 0.1) is 17.5 Å². The van der Waals surface area contributed by atoms with Gasteiger partial charge in [0.25, 0.3) is 0 Å². The van der Waals surface area contributed by atoms with Crippen LogP contribution < -0.4 is 61.6 Å². The first-order chi connectivity index (χ1) is 5.57. The van der Waals surface area contributed by atoms with Crippen LogP contribution in [0.25, 0.3) is 0 Å². The van der Waals surface area contributed by atoms with Gasteiger partial charge in [0.1, 0.15) is 5.82 Å². The van der Waals surface area contributed by atoms with E-state index in [1.165, 1.54) is 0 Å². The molecule has 0 aliphatic carbocycles. The predicted molar refractivity (Wildman–Crippen MR) is 38.3 cm³/mol. The third-order valence-corrected chi connectivity index (χ3v) is 1.35. The van der Waals surface area contributed by atoms with E-state index in [4.69, 9.17) is 7.85 Å². The molecule has 0 bridgehead atoms. The van der Waals surface area contributed by atoms with Crippen molar-refractivity contribution < 1.29 is 69.3 Å². The molecule has 0 aliphatic rings. The fourth-order valence-corrected chi connectivity index (χ4v) is 0.778. The Balaban J connectivity index is 0.00000144. The van der Waals surface area contributed by atoms with Gasteiger partial charge in [-0.05, 0) is 0 Å². The van der Waals surface area contributed by atoms with E-state index < -0.39 is 28.7 Å². The Morgan fingerprint density at radius 3 is 2.23 bits per heavy atom. The summed E-state index contributed by atoms with van der Waals surface area (Å²) in [4.78, 5) is 0. The van der Waals surface area contributed by atoms with Crippen LogP contribution in [0.3, 0.4) is 0 Å². The molecule has 0 aromatic heterocycles. The molecular formula is C7H4BF3KO. The zero-order chi connectivity index (χ0) is 9.30. The van der Waals surface area contributed by atoms with E-state index in [-0.39, 0.29) is 51.4 Å². The summed E-state index contributed by atoms with van der Waals surface area (Å²) in [5, 5.41) is 0. The molecule has 0 fully saturated rings. The Morgan fingerprint density at radius 2 is 1.77 bits per heavy atom. The Labute approximate surface area is 117 Å². The largest absolute Gasteiger partial charge is 1.00 e. The van der Waals surface area contributed by atoms with Gasteiger partial charge in [0, 0.05) is 0 Å². The van der Waals surface area contributed by atoms with Gasteiger partial charge in [-0.1, -0.05) is 6.07 Å². The van der Waals surface area contributed by atoms with Gasteiger partial charge >= 0.3 is 51.4 Å². The smallest absolute Gasteiger partial charge is 0.576 e. The Hall–Kier alpha value is 0.511. The predicted octanol–water partition coefficient (Wildman–Crippen LogP) is -2.09. The second kappa shape index (κ2) is 5.41. The maximum absolute atomic E-state index is 12.8. The molecule has 0 saturated carbocycles. The molecule has 0 N–H and O–H groups in total. The summed E-state index contributed by atoms with van der Waals surface area (Å²) in [5.74, 6) is -4.49. The van der Waals surface area contributed by atoms with Crippen molar-refractivity contribution in [2.24, 2.45) is 0 Å². The SMILES string of the molecule is [B-]c1cc(F)c(F)c(OC)c1F.[K+]. The van der Waals surface area contributed by atoms with Crippen LogP contribution in [-0.2, 0) is 0 Å². The van der Waals surface area contributed by atoms with Crippen LogP contribution in [0.4, 0.5) is 13.2 Å². The van der Waals surface area contributed by atoms with Gasteiger partial charge < -0.3 is 12.6 Å². The molecule has 0 saturated heterocycles. The van der Waals surface area contributed by atoms with Crippen LogP contribution in [0.2, 0.25) is 0 Å². The molecule has 1 aromatic rings. The molecule has 0 aliphatic heterocycles. The number of hydrogen-bond donors (Lipinski definition) is 0. The average Bonchev–Trinajstić information content (AvgIpc) is 2.02. The normalized spacial score (nSPS) is 9.31. The maximum Gasteiger partial charge on any atom is 1.00 e. The van der Waals surface area contributed by atoms with Crippen LogP contribution in [0.15, 0.2) is 6.07 Å². The summed E-state index contributed by atoms with van der Waals surface area (Å²) in [6.45, 7) is 0. The molecule has 1 nitrogen and oxygen atoms in total. The van der Waals surface area contributed by atoms with Gasteiger partial charge in [-0.25, -0.2) is 8.78 Å². The van der Waals surface area contributed by atoms with Crippen molar-refractivity contribution in [2.45, 2.75) is 0 Å². The number of rotatable bonds is 1. The second-order valence-electron chi connectivity index (χ2n) is 2.11. The third-order valence-electron chi connectivity index (χ3n) is 1.35. The Morgan fingerprint density at radius 1 is 1.23 bits per heavy atom. The first-order valence-electron chi connectivity index (χ1n) is 3.05. The second-order valence-corrected chi connectivity index (χ2v) is 2.11. The van der Waals surface area contributed by atoms with E-state index >= 15 is 0 Å². The van der Waals surface area contributed by atoms with Gasteiger partial charge in [0.05, 0.1) is 7.11 Å². The minimum Gasteiger partial charge on any atom is -0.576 e. The van der Waals surface area contributed by atoms with Crippen LogP contribution >= 0.6 is 0 Å². The summed E-state index contributed by atoms with van der Waals surface area (Å²) in [7, 11) is 6.03. The topological polar surface area (TPSA) is 9.23 Å². The fraction of sp³-hybridized carbons (Fsp3) is 0.143. The van der Waals surface area contributed by atoms with Gasteiger partial charge in [-0.3, -0.25) is 5.46 Å². The van der Waals surface area contributed by atoms with Crippen molar-refractivity contribution in [1.82, 2.24) is 0 Å². The molecule has 1 rings (SSSR count). The van der Waals surface area contributed by atoms with Gasteiger partial charge in [-0.2, -0.15) is 4.39 Å². The number of benzene rings is 1. The van der Waals surface area contributed by atoms with E-state index in [0.29, 0.717) is 6.07 Å². The molecule has 0 atom stereocenters. The summed E-state index contributed by atoms with van der Waals surface area (Å²) in [6.07, 6.45) is 0. The first kappa shape index (κ1) is 13.5. The van der Waals surface area contributed by atoms with E-state index in [9.17, 15) is 13.2 Å².